The number of non-ortho nitro benzene ring substituents is 1. The molecule has 0 N–H and O–H groups in total. The van der Waals surface area contributed by atoms with Crippen molar-refractivity contribution in [3.8, 4) is 11.1 Å². The summed E-state index contributed by atoms with van der Waals surface area (Å²) in [5.41, 5.74) is 2.03. The Morgan fingerprint density at radius 3 is 2.32 bits per heavy atom. The molecule has 0 saturated heterocycles. The van der Waals surface area contributed by atoms with Gasteiger partial charge in [-0.1, -0.05) is 0 Å². The zero-order valence-corrected chi connectivity index (χ0v) is 14.1. The molecule has 0 aliphatic carbocycles. The van der Waals surface area contributed by atoms with Crippen LogP contribution < -0.4 is 10.5 Å². The van der Waals surface area contributed by atoms with Crippen LogP contribution in [0.3, 0.4) is 0 Å². The number of anilines is 1. The molecule has 0 aliphatic heterocycles. The van der Waals surface area contributed by atoms with Crippen molar-refractivity contribution in [2.24, 2.45) is 0 Å². The van der Waals surface area contributed by atoms with E-state index in [0.29, 0.717) is 16.7 Å². The maximum Gasteiger partial charge on any atom is 0.344 e. The van der Waals surface area contributed by atoms with Crippen LogP contribution in [0, 0.1) is 10.1 Å². The molecule has 0 radical (unpaired) electrons. The van der Waals surface area contributed by atoms with Crippen LogP contribution in [0.4, 0.5) is 11.4 Å². The van der Waals surface area contributed by atoms with Gasteiger partial charge in [-0.2, -0.15) is 0 Å². The molecule has 2 aromatic carbocycles. The normalized spacial score (nSPS) is 10.8. The van der Waals surface area contributed by atoms with E-state index in [4.69, 9.17) is 4.42 Å². The Bertz CT molecular complexity index is 973. The molecule has 0 amide bonds. The summed E-state index contributed by atoms with van der Waals surface area (Å²) in [5.74, 6) is 0. The summed E-state index contributed by atoms with van der Waals surface area (Å²) in [6.07, 6.45) is 0. The Balaban J connectivity index is 2.06. The molecular formula is C19H18N2O4. The summed E-state index contributed by atoms with van der Waals surface area (Å²) in [4.78, 5) is 24.8. The highest BCUT2D eigenvalue weighted by Crippen LogP contribution is 2.26. The molecule has 3 rings (SSSR count). The smallest absolute Gasteiger partial charge is 0.344 e. The van der Waals surface area contributed by atoms with Crippen molar-refractivity contribution in [2.75, 3.05) is 18.0 Å². The number of nitro groups is 1. The second-order valence-corrected chi connectivity index (χ2v) is 5.65. The molecule has 0 aliphatic rings. The molecule has 0 bridgehead atoms. The Morgan fingerprint density at radius 2 is 1.72 bits per heavy atom. The van der Waals surface area contributed by atoms with Gasteiger partial charge in [0.1, 0.15) is 5.58 Å². The van der Waals surface area contributed by atoms with Crippen molar-refractivity contribution in [1.82, 2.24) is 0 Å². The highest BCUT2D eigenvalue weighted by atomic mass is 16.6. The van der Waals surface area contributed by atoms with E-state index in [1.807, 2.05) is 18.2 Å². The van der Waals surface area contributed by atoms with E-state index in [1.54, 1.807) is 18.2 Å². The maximum absolute atomic E-state index is 12.4. The van der Waals surface area contributed by atoms with Crippen molar-refractivity contribution in [3.63, 3.8) is 0 Å². The minimum Gasteiger partial charge on any atom is -0.422 e. The number of rotatable bonds is 5. The third-order valence-electron chi connectivity index (χ3n) is 4.24. The quantitative estimate of drug-likeness (QED) is 0.395. The molecule has 1 aromatic heterocycles. The molecule has 128 valence electrons. The van der Waals surface area contributed by atoms with Gasteiger partial charge >= 0.3 is 5.63 Å². The Hall–Kier alpha value is -3.15. The lowest BCUT2D eigenvalue weighted by Crippen LogP contribution is -2.21. The molecule has 0 saturated carbocycles. The Morgan fingerprint density at radius 1 is 1.04 bits per heavy atom. The number of nitro benzene ring substituents is 1. The minimum absolute atomic E-state index is 0.0159. The van der Waals surface area contributed by atoms with Crippen molar-refractivity contribution in [1.29, 1.82) is 0 Å². The number of nitrogens with zero attached hydrogens (tertiary/aromatic N) is 2. The average Bonchev–Trinajstić information content (AvgIpc) is 2.62. The lowest BCUT2D eigenvalue weighted by atomic mass is 10.1. The predicted molar refractivity (Wildman–Crippen MR) is 98.1 cm³/mol. The van der Waals surface area contributed by atoms with E-state index >= 15 is 0 Å². The van der Waals surface area contributed by atoms with Crippen LogP contribution in [0.2, 0.25) is 0 Å². The van der Waals surface area contributed by atoms with Gasteiger partial charge in [0, 0.05) is 42.4 Å². The van der Waals surface area contributed by atoms with Gasteiger partial charge in [0.05, 0.1) is 10.5 Å². The largest absolute Gasteiger partial charge is 0.422 e. The van der Waals surface area contributed by atoms with Crippen LogP contribution in [0.15, 0.2) is 57.7 Å². The van der Waals surface area contributed by atoms with Crippen molar-refractivity contribution in [3.05, 3.63) is 69.1 Å². The van der Waals surface area contributed by atoms with E-state index in [-0.39, 0.29) is 5.69 Å². The van der Waals surface area contributed by atoms with Crippen molar-refractivity contribution >= 4 is 22.3 Å². The van der Waals surface area contributed by atoms with Gasteiger partial charge in [-0.25, -0.2) is 4.79 Å². The van der Waals surface area contributed by atoms with Crippen molar-refractivity contribution < 1.29 is 9.34 Å². The fourth-order valence-electron chi connectivity index (χ4n) is 2.85. The van der Waals surface area contributed by atoms with Crippen LogP contribution >= 0.6 is 0 Å². The van der Waals surface area contributed by atoms with Gasteiger partial charge in [0.15, 0.2) is 0 Å². The van der Waals surface area contributed by atoms with Gasteiger partial charge in [0.25, 0.3) is 5.69 Å². The topological polar surface area (TPSA) is 76.6 Å². The van der Waals surface area contributed by atoms with Gasteiger partial charge in [0.2, 0.25) is 0 Å². The van der Waals surface area contributed by atoms with Crippen LogP contribution in [-0.2, 0) is 0 Å². The van der Waals surface area contributed by atoms with Crippen molar-refractivity contribution in [2.45, 2.75) is 13.8 Å². The summed E-state index contributed by atoms with van der Waals surface area (Å²) in [5, 5.41) is 11.6. The van der Waals surface area contributed by atoms with E-state index in [9.17, 15) is 14.9 Å². The highest BCUT2D eigenvalue weighted by Gasteiger charge is 2.11. The molecule has 6 nitrogen and oxygen atoms in total. The summed E-state index contributed by atoms with van der Waals surface area (Å²) in [7, 11) is 0. The Kier molecular flexibility index (Phi) is 4.52. The standard InChI is InChI=1S/C19H18N2O4/c1-3-20(4-2)16-10-7-14-11-17(19(22)25-18(14)12-16)13-5-8-15(9-6-13)21(23)24/h5-12H,3-4H2,1-2H3. The third kappa shape index (κ3) is 3.24. The fourth-order valence-corrected chi connectivity index (χ4v) is 2.85. The third-order valence-corrected chi connectivity index (χ3v) is 4.24. The van der Waals surface area contributed by atoms with E-state index in [0.717, 1.165) is 24.2 Å². The number of hydrogen-bond acceptors (Lipinski definition) is 5. The fraction of sp³-hybridized carbons (Fsp3) is 0.211. The van der Waals surface area contributed by atoms with E-state index < -0.39 is 10.5 Å². The average molecular weight is 338 g/mol. The van der Waals surface area contributed by atoms with Gasteiger partial charge in [-0.05, 0) is 49.7 Å². The molecular weight excluding hydrogens is 320 g/mol. The lowest BCUT2D eigenvalue weighted by molar-refractivity contribution is -0.384. The zero-order valence-electron chi connectivity index (χ0n) is 14.1. The van der Waals surface area contributed by atoms with Crippen LogP contribution in [0.1, 0.15) is 13.8 Å². The highest BCUT2D eigenvalue weighted by molar-refractivity contribution is 5.84. The SMILES string of the molecule is CCN(CC)c1ccc2cc(-c3ccc([N+](=O)[O-])cc3)c(=O)oc2c1. The van der Waals surface area contributed by atoms with Gasteiger partial charge < -0.3 is 9.32 Å². The maximum atomic E-state index is 12.4. The zero-order chi connectivity index (χ0) is 18.0. The molecule has 0 atom stereocenters. The first-order valence-corrected chi connectivity index (χ1v) is 8.11. The first-order valence-electron chi connectivity index (χ1n) is 8.11. The van der Waals surface area contributed by atoms with E-state index in [1.165, 1.54) is 12.1 Å². The van der Waals surface area contributed by atoms with Crippen LogP contribution in [0.5, 0.6) is 0 Å². The van der Waals surface area contributed by atoms with E-state index in [2.05, 4.69) is 18.7 Å². The molecule has 1 heterocycles. The second kappa shape index (κ2) is 6.76. The summed E-state index contributed by atoms with van der Waals surface area (Å²) in [6.45, 7) is 5.88. The summed E-state index contributed by atoms with van der Waals surface area (Å²) in [6, 6.07) is 13.4. The molecule has 0 unspecified atom stereocenters. The predicted octanol–water partition coefficient (Wildman–Crippen LogP) is 4.21. The molecule has 0 fully saturated rings. The molecule has 0 spiro atoms. The second-order valence-electron chi connectivity index (χ2n) is 5.65. The first-order chi connectivity index (χ1) is 12.0. The molecule has 25 heavy (non-hydrogen) atoms. The minimum atomic E-state index is -0.471. The molecule has 3 aromatic rings. The number of hydrogen-bond donors (Lipinski definition) is 0. The molecule has 6 heteroatoms. The number of benzene rings is 2. The monoisotopic (exact) mass is 338 g/mol. The van der Waals surface area contributed by atoms with Crippen LogP contribution in [0.25, 0.3) is 22.1 Å². The first kappa shape index (κ1) is 16.7. The number of fused-ring (bicyclic) bond motifs is 1. The lowest BCUT2D eigenvalue weighted by Gasteiger charge is -2.21. The summed E-state index contributed by atoms with van der Waals surface area (Å²) < 4.78 is 5.49. The van der Waals surface area contributed by atoms with Crippen LogP contribution in [-0.4, -0.2) is 18.0 Å². The Labute approximate surface area is 144 Å². The summed E-state index contributed by atoms with van der Waals surface area (Å²) >= 11 is 0. The van der Waals surface area contributed by atoms with Gasteiger partial charge in [-0.15, -0.1) is 0 Å². The van der Waals surface area contributed by atoms with Gasteiger partial charge in [-0.3, -0.25) is 10.1 Å².